The number of aryl methyl sites for hydroxylation is 1. The SMILES string of the molecule is NCCCc1cncc(-c2ccccc2)c1. The molecule has 0 aliphatic rings. The minimum Gasteiger partial charge on any atom is -0.330 e. The molecule has 1 aromatic carbocycles. The van der Waals surface area contributed by atoms with Crippen molar-refractivity contribution >= 4 is 0 Å². The molecule has 0 atom stereocenters. The van der Waals surface area contributed by atoms with Crippen LogP contribution in [-0.2, 0) is 6.42 Å². The van der Waals surface area contributed by atoms with Gasteiger partial charge in [0.2, 0.25) is 0 Å². The van der Waals surface area contributed by atoms with Crippen LogP contribution >= 0.6 is 0 Å². The quantitative estimate of drug-likeness (QED) is 0.846. The van der Waals surface area contributed by atoms with Crippen molar-refractivity contribution in [3.63, 3.8) is 0 Å². The summed E-state index contributed by atoms with van der Waals surface area (Å²) in [6.07, 6.45) is 5.84. The standard InChI is InChI=1S/C14H16N2/c15-8-4-5-12-9-14(11-16-10-12)13-6-2-1-3-7-13/h1-3,6-7,9-11H,4-5,8,15H2. The number of nitrogens with two attached hydrogens (primary N) is 1. The fourth-order valence-electron chi connectivity index (χ4n) is 1.72. The van der Waals surface area contributed by atoms with Gasteiger partial charge in [-0.1, -0.05) is 30.3 Å². The molecule has 2 nitrogen and oxygen atoms in total. The molecule has 2 N–H and O–H groups in total. The molecule has 0 bridgehead atoms. The maximum atomic E-state index is 5.51. The highest BCUT2D eigenvalue weighted by molar-refractivity contribution is 5.62. The second kappa shape index (κ2) is 5.42. The average Bonchev–Trinajstić information content (AvgIpc) is 2.38. The van der Waals surface area contributed by atoms with E-state index in [1.54, 1.807) is 0 Å². The summed E-state index contributed by atoms with van der Waals surface area (Å²) in [5.74, 6) is 0. The van der Waals surface area contributed by atoms with Crippen molar-refractivity contribution in [3.05, 3.63) is 54.4 Å². The Kier molecular flexibility index (Phi) is 3.67. The van der Waals surface area contributed by atoms with Crippen molar-refractivity contribution in [2.75, 3.05) is 6.54 Å². The van der Waals surface area contributed by atoms with E-state index < -0.39 is 0 Å². The van der Waals surface area contributed by atoms with Crippen LogP contribution in [0.5, 0.6) is 0 Å². The predicted molar refractivity (Wildman–Crippen MR) is 67.0 cm³/mol. The number of rotatable bonds is 4. The highest BCUT2D eigenvalue weighted by Gasteiger charge is 1.99. The smallest absolute Gasteiger partial charge is 0.0346 e. The number of benzene rings is 1. The minimum absolute atomic E-state index is 0.732. The highest BCUT2D eigenvalue weighted by atomic mass is 14.6. The molecule has 0 radical (unpaired) electrons. The maximum Gasteiger partial charge on any atom is 0.0346 e. The Morgan fingerprint density at radius 1 is 1.00 bits per heavy atom. The zero-order valence-electron chi connectivity index (χ0n) is 9.26. The van der Waals surface area contributed by atoms with Gasteiger partial charge in [-0.25, -0.2) is 0 Å². The number of aromatic nitrogens is 1. The molecule has 82 valence electrons. The van der Waals surface area contributed by atoms with E-state index in [4.69, 9.17) is 5.73 Å². The molecule has 2 rings (SSSR count). The van der Waals surface area contributed by atoms with Crippen molar-refractivity contribution in [2.45, 2.75) is 12.8 Å². The topological polar surface area (TPSA) is 38.9 Å². The number of hydrogen-bond donors (Lipinski definition) is 1. The fraction of sp³-hybridized carbons (Fsp3) is 0.214. The van der Waals surface area contributed by atoms with E-state index in [1.165, 1.54) is 16.7 Å². The molecule has 0 amide bonds. The van der Waals surface area contributed by atoms with Gasteiger partial charge in [0.15, 0.2) is 0 Å². The van der Waals surface area contributed by atoms with Gasteiger partial charge >= 0.3 is 0 Å². The summed E-state index contributed by atoms with van der Waals surface area (Å²) >= 11 is 0. The highest BCUT2D eigenvalue weighted by Crippen LogP contribution is 2.19. The Bertz CT molecular complexity index is 437. The molecule has 1 heterocycles. The lowest BCUT2D eigenvalue weighted by Crippen LogP contribution is -2.00. The second-order valence-corrected chi connectivity index (χ2v) is 3.84. The van der Waals surface area contributed by atoms with E-state index in [0.717, 1.165) is 19.4 Å². The van der Waals surface area contributed by atoms with Gasteiger partial charge < -0.3 is 5.73 Å². The molecule has 2 heteroatoms. The summed E-state index contributed by atoms with van der Waals surface area (Å²) in [5, 5.41) is 0. The van der Waals surface area contributed by atoms with Gasteiger partial charge in [0.05, 0.1) is 0 Å². The van der Waals surface area contributed by atoms with Crippen LogP contribution < -0.4 is 5.73 Å². The fourth-order valence-corrected chi connectivity index (χ4v) is 1.72. The third-order valence-electron chi connectivity index (χ3n) is 2.57. The minimum atomic E-state index is 0.732. The molecule has 1 aromatic heterocycles. The summed E-state index contributed by atoms with van der Waals surface area (Å²) < 4.78 is 0. The van der Waals surface area contributed by atoms with Crippen LogP contribution in [0.4, 0.5) is 0 Å². The Morgan fingerprint density at radius 2 is 1.81 bits per heavy atom. The van der Waals surface area contributed by atoms with Crippen molar-refractivity contribution in [3.8, 4) is 11.1 Å². The molecule has 0 aliphatic carbocycles. The zero-order chi connectivity index (χ0) is 11.2. The van der Waals surface area contributed by atoms with Crippen molar-refractivity contribution in [2.24, 2.45) is 5.73 Å². The van der Waals surface area contributed by atoms with E-state index >= 15 is 0 Å². The Morgan fingerprint density at radius 3 is 2.56 bits per heavy atom. The van der Waals surface area contributed by atoms with Gasteiger partial charge in [0, 0.05) is 18.0 Å². The molecule has 0 aliphatic heterocycles. The summed E-state index contributed by atoms with van der Waals surface area (Å²) in [7, 11) is 0. The van der Waals surface area contributed by atoms with Crippen molar-refractivity contribution < 1.29 is 0 Å². The first-order chi connectivity index (χ1) is 7.90. The summed E-state index contributed by atoms with van der Waals surface area (Å²) in [6, 6.07) is 12.5. The summed E-state index contributed by atoms with van der Waals surface area (Å²) in [4.78, 5) is 4.27. The van der Waals surface area contributed by atoms with Crippen LogP contribution in [0.1, 0.15) is 12.0 Å². The molecule has 0 saturated carbocycles. The number of pyridine rings is 1. The first-order valence-corrected chi connectivity index (χ1v) is 5.59. The first kappa shape index (κ1) is 10.8. The Labute approximate surface area is 96.1 Å². The van der Waals surface area contributed by atoms with Gasteiger partial charge in [0.1, 0.15) is 0 Å². The van der Waals surface area contributed by atoms with E-state index in [2.05, 4.69) is 23.2 Å². The van der Waals surface area contributed by atoms with E-state index in [9.17, 15) is 0 Å². The van der Waals surface area contributed by atoms with E-state index in [1.807, 2.05) is 30.6 Å². The molecule has 0 fully saturated rings. The predicted octanol–water partition coefficient (Wildman–Crippen LogP) is 2.64. The van der Waals surface area contributed by atoms with Gasteiger partial charge in [-0.05, 0) is 36.6 Å². The largest absolute Gasteiger partial charge is 0.330 e. The number of hydrogen-bond acceptors (Lipinski definition) is 2. The van der Waals surface area contributed by atoms with Crippen LogP contribution in [0, 0.1) is 0 Å². The lowest BCUT2D eigenvalue weighted by molar-refractivity contribution is 0.829. The average molecular weight is 212 g/mol. The molecule has 16 heavy (non-hydrogen) atoms. The normalized spacial score (nSPS) is 10.3. The van der Waals surface area contributed by atoms with Gasteiger partial charge in [-0.3, -0.25) is 4.98 Å². The number of nitrogens with zero attached hydrogens (tertiary/aromatic N) is 1. The summed E-state index contributed by atoms with van der Waals surface area (Å²) in [6.45, 7) is 0.732. The molecule has 0 unspecified atom stereocenters. The monoisotopic (exact) mass is 212 g/mol. The van der Waals surface area contributed by atoms with Crippen LogP contribution in [0.25, 0.3) is 11.1 Å². The Hall–Kier alpha value is -1.67. The first-order valence-electron chi connectivity index (χ1n) is 5.59. The van der Waals surface area contributed by atoms with E-state index in [0.29, 0.717) is 0 Å². The second-order valence-electron chi connectivity index (χ2n) is 3.84. The third-order valence-corrected chi connectivity index (χ3v) is 2.57. The van der Waals surface area contributed by atoms with Crippen molar-refractivity contribution in [1.29, 1.82) is 0 Å². The molecule has 2 aromatic rings. The molecule has 0 spiro atoms. The maximum absolute atomic E-state index is 5.51. The molecular formula is C14H16N2. The van der Waals surface area contributed by atoms with E-state index in [-0.39, 0.29) is 0 Å². The molecule has 0 saturated heterocycles. The van der Waals surface area contributed by atoms with Gasteiger partial charge in [-0.2, -0.15) is 0 Å². The lowest BCUT2D eigenvalue weighted by Gasteiger charge is -2.04. The van der Waals surface area contributed by atoms with Crippen LogP contribution in [-0.4, -0.2) is 11.5 Å². The van der Waals surface area contributed by atoms with Gasteiger partial charge in [0.25, 0.3) is 0 Å². The Balaban J connectivity index is 2.22. The molecular weight excluding hydrogens is 196 g/mol. The zero-order valence-corrected chi connectivity index (χ0v) is 9.26. The van der Waals surface area contributed by atoms with Crippen LogP contribution in [0.15, 0.2) is 48.8 Å². The lowest BCUT2D eigenvalue weighted by atomic mass is 10.0. The van der Waals surface area contributed by atoms with Crippen molar-refractivity contribution in [1.82, 2.24) is 4.98 Å². The van der Waals surface area contributed by atoms with Crippen LogP contribution in [0.2, 0.25) is 0 Å². The van der Waals surface area contributed by atoms with Gasteiger partial charge in [-0.15, -0.1) is 0 Å². The van der Waals surface area contributed by atoms with Crippen LogP contribution in [0.3, 0.4) is 0 Å². The third kappa shape index (κ3) is 2.67. The summed E-state index contributed by atoms with van der Waals surface area (Å²) in [5.41, 5.74) is 9.15.